The first kappa shape index (κ1) is 17.5. The fraction of sp³-hybridized carbons (Fsp3) is 0.333. The third-order valence-corrected chi connectivity index (χ3v) is 3.02. The highest BCUT2D eigenvalue weighted by Crippen LogP contribution is 2.40. The van der Waals surface area contributed by atoms with Crippen molar-refractivity contribution in [2.24, 2.45) is 11.5 Å². The molecule has 0 saturated heterocycles. The summed E-state index contributed by atoms with van der Waals surface area (Å²) >= 11 is 0. The van der Waals surface area contributed by atoms with Gasteiger partial charge in [0.2, 0.25) is 0 Å². The Labute approximate surface area is 121 Å². The van der Waals surface area contributed by atoms with Gasteiger partial charge >= 0.3 is 7.82 Å². The lowest BCUT2D eigenvalue weighted by atomic mass is 9.94. The SMILES string of the molecule is C[C@H](N)C(=O)c1cccc(OP(=O)(O)O)c1C(=O)[C@H](C)N. The Bertz CT molecular complexity index is 608. The average Bonchev–Trinajstić information content (AvgIpc) is 2.34. The Morgan fingerprint density at radius 2 is 1.67 bits per heavy atom. The van der Waals surface area contributed by atoms with Gasteiger partial charge in [-0.1, -0.05) is 12.1 Å². The number of carbonyl (C=O) groups excluding carboxylic acids is 2. The van der Waals surface area contributed by atoms with E-state index in [1.165, 1.54) is 32.0 Å². The zero-order valence-electron chi connectivity index (χ0n) is 11.5. The fourth-order valence-corrected chi connectivity index (χ4v) is 2.08. The number of carbonyl (C=O) groups is 2. The van der Waals surface area contributed by atoms with Crippen LogP contribution in [0.25, 0.3) is 0 Å². The van der Waals surface area contributed by atoms with E-state index < -0.39 is 37.2 Å². The molecule has 8 nitrogen and oxygen atoms in total. The predicted molar refractivity (Wildman–Crippen MR) is 75.1 cm³/mol. The van der Waals surface area contributed by atoms with E-state index in [1.807, 2.05) is 0 Å². The van der Waals surface area contributed by atoms with E-state index in [4.69, 9.17) is 21.3 Å². The number of phosphoric ester groups is 1. The van der Waals surface area contributed by atoms with Gasteiger partial charge in [0, 0.05) is 5.56 Å². The number of ketones is 2. The second-order valence-corrected chi connectivity index (χ2v) is 5.73. The monoisotopic (exact) mass is 316 g/mol. The molecule has 0 aliphatic rings. The molecular formula is C12H17N2O6P. The van der Waals surface area contributed by atoms with E-state index in [0.717, 1.165) is 0 Å². The van der Waals surface area contributed by atoms with E-state index >= 15 is 0 Å². The number of Topliss-reactive ketones (excluding diaryl/α,β-unsaturated/α-hetero) is 2. The van der Waals surface area contributed by atoms with E-state index in [-0.39, 0.29) is 11.1 Å². The largest absolute Gasteiger partial charge is 0.524 e. The minimum absolute atomic E-state index is 0.0850. The van der Waals surface area contributed by atoms with Crippen LogP contribution in [0.3, 0.4) is 0 Å². The zero-order chi connectivity index (χ0) is 16.4. The normalized spacial score (nSPS) is 14.4. The molecule has 2 atom stereocenters. The van der Waals surface area contributed by atoms with Crippen LogP contribution in [0.2, 0.25) is 0 Å². The Morgan fingerprint density at radius 3 is 2.10 bits per heavy atom. The standard InChI is InChI=1S/C12H17N2O6P/c1-6(13)11(15)8-4-3-5-9(20-21(17,18)19)10(8)12(16)7(2)14/h3-7H,13-14H2,1-2H3,(H2,17,18,19)/t6-,7-/m0/s1. The minimum atomic E-state index is -4.89. The van der Waals surface area contributed by atoms with Gasteiger partial charge in [-0.3, -0.25) is 19.4 Å². The van der Waals surface area contributed by atoms with Crippen molar-refractivity contribution in [3.05, 3.63) is 29.3 Å². The molecule has 0 aromatic heterocycles. The van der Waals surface area contributed by atoms with Crippen molar-refractivity contribution >= 4 is 19.4 Å². The number of phosphoric acid groups is 1. The van der Waals surface area contributed by atoms with Gasteiger partial charge in [-0.25, -0.2) is 4.57 Å². The fourth-order valence-electron chi connectivity index (χ4n) is 1.67. The molecule has 1 rings (SSSR count). The first-order valence-corrected chi connectivity index (χ1v) is 7.55. The van der Waals surface area contributed by atoms with Gasteiger partial charge < -0.3 is 16.0 Å². The van der Waals surface area contributed by atoms with Crippen LogP contribution in [0.15, 0.2) is 18.2 Å². The van der Waals surface area contributed by atoms with Crippen LogP contribution in [0.1, 0.15) is 34.6 Å². The smallest absolute Gasteiger partial charge is 0.403 e. The Balaban J connectivity index is 3.52. The van der Waals surface area contributed by atoms with Crippen LogP contribution in [0, 0.1) is 0 Å². The van der Waals surface area contributed by atoms with Gasteiger partial charge in [-0.05, 0) is 19.9 Å². The van der Waals surface area contributed by atoms with Gasteiger partial charge in [0.25, 0.3) is 0 Å². The molecule has 9 heteroatoms. The lowest BCUT2D eigenvalue weighted by molar-refractivity contribution is 0.0933. The second-order valence-electron chi connectivity index (χ2n) is 4.57. The second kappa shape index (κ2) is 6.46. The summed E-state index contributed by atoms with van der Waals surface area (Å²) in [6.45, 7) is 2.82. The zero-order valence-corrected chi connectivity index (χ0v) is 12.4. The highest BCUT2D eigenvalue weighted by Gasteiger charge is 2.28. The van der Waals surface area contributed by atoms with Crippen LogP contribution < -0.4 is 16.0 Å². The van der Waals surface area contributed by atoms with Crippen molar-refractivity contribution < 1.29 is 28.5 Å². The summed E-state index contributed by atoms with van der Waals surface area (Å²) in [6, 6.07) is 1.96. The van der Waals surface area contributed by atoms with Crippen molar-refractivity contribution in [2.45, 2.75) is 25.9 Å². The Kier molecular flexibility index (Phi) is 5.38. The molecule has 0 bridgehead atoms. The molecule has 1 aromatic carbocycles. The number of nitrogens with two attached hydrogens (primary N) is 2. The predicted octanol–water partition coefficient (Wildman–Crippen LogP) is 0.218. The number of hydrogen-bond acceptors (Lipinski definition) is 6. The van der Waals surface area contributed by atoms with Crippen LogP contribution in [0.4, 0.5) is 0 Å². The Hall–Kier alpha value is -1.57. The van der Waals surface area contributed by atoms with Gasteiger partial charge in [0.15, 0.2) is 11.6 Å². The number of hydrogen-bond donors (Lipinski definition) is 4. The highest BCUT2D eigenvalue weighted by molar-refractivity contribution is 7.46. The van der Waals surface area contributed by atoms with Gasteiger partial charge in [0.1, 0.15) is 5.75 Å². The van der Waals surface area contributed by atoms with E-state index in [2.05, 4.69) is 4.52 Å². The van der Waals surface area contributed by atoms with Gasteiger partial charge in [-0.15, -0.1) is 0 Å². The quantitative estimate of drug-likeness (QED) is 0.429. The molecule has 0 unspecified atom stereocenters. The molecule has 0 saturated carbocycles. The summed E-state index contributed by atoms with van der Waals surface area (Å²) < 4.78 is 15.5. The molecule has 0 spiro atoms. The van der Waals surface area contributed by atoms with Gasteiger partial charge in [-0.2, -0.15) is 0 Å². The maximum Gasteiger partial charge on any atom is 0.524 e. The molecule has 0 heterocycles. The third kappa shape index (κ3) is 4.45. The van der Waals surface area contributed by atoms with Crippen molar-refractivity contribution in [3.63, 3.8) is 0 Å². The van der Waals surface area contributed by atoms with Crippen molar-refractivity contribution in [1.29, 1.82) is 0 Å². The lowest BCUT2D eigenvalue weighted by Crippen LogP contribution is -2.32. The molecule has 0 fully saturated rings. The lowest BCUT2D eigenvalue weighted by Gasteiger charge is -2.16. The summed E-state index contributed by atoms with van der Waals surface area (Å²) in [4.78, 5) is 42.0. The summed E-state index contributed by atoms with van der Waals surface area (Å²) in [7, 11) is -4.89. The molecule has 0 radical (unpaired) electrons. The number of rotatable bonds is 6. The molecule has 0 aliphatic carbocycles. The summed E-state index contributed by atoms with van der Waals surface area (Å²) in [5.41, 5.74) is 10.6. The maximum absolute atomic E-state index is 12.1. The molecule has 116 valence electrons. The van der Waals surface area contributed by atoms with Crippen LogP contribution >= 0.6 is 7.82 Å². The summed E-state index contributed by atoms with van der Waals surface area (Å²) in [5.74, 6) is -1.64. The first-order valence-electron chi connectivity index (χ1n) is 6.02. The van der Waals surface area contributed by atoms with E-state index in [9.17, 15) is 14.2 Å². The third-order valence-electron chi connectivity index (χ3n) is 2.58. The van der Waals surface area contributed by atoms with E-state index in [0.29, 0.717) is 0 Å². The van der Waals surface area contributed by atoms with Crippen molar-refractivity contribution in [2.75, 3.05) is 0 Å². The van der Waals surface area contributed by atoms with Crippen LogP contribution in [0.5, 0.6) is 5.75 Å². The Morgan fingerprint density at radius 1 is 1.14 bits per heavy atom. The maximum atomic E-state index is 12.1. The topological polar surface area (TPSA) is 153 Å². The van der Waals surface area contributed by atoms with Crippen LogP contribution in [-0.2, 0) is 4.57 Å². The summed E-state index contributed by atoms with van der Waals surface area (Å²) in [6.07, 6.45) is 0. The highest BCUT2D eigenvalue weighted by atomic mass is 31.2. The first-order chi connectivity index (χ1) is 9.54. The van der Waals surface area contributed by atoms with Crippen LogP contribution in [-0.4, -0.2) is 33.4 Å². The van der Waals surface area contributed by atoms with E-state index in [1.54, 1.807) is 0 Å². The van der Waals surface area contributed by atoms with Gasteiger partial charge in [0.05, 0.1) is 17.6 Å². The van der Waals surface area contributed by atoms with Crippen molar-refractivity contribution in [1.82, 2.24) is 0 Å². The molecule has 1 aromatic rings. The molecule has 21 heavy (non-hydrogen) atoms. The molecule has 0 aliphatic heterocycles. The molecule has 0 amide bonds. The minimum Gasteiger partial charge on any atom is -0.403 e. The summed E-state index contributed by atoms with van der Waals surface area (Å²) in [5, 5.41) is 0. The number of benzene rings is 1. The molecule has 6 N–H and O–H groups in total. The van der Waals surface area contributed by atoms with Crippen molar-refractivity contribution in [3.8, 4) is 5.75 Å². The average molecular weight is 316 g/mol. The molecular weight excluding hydrogens is 299 g/mol.